The Labute approximate surface area is 110 Å². The molecule has 0 unspecified atom stereocenters. The van der Waals surface area contributed by atoms with Crippen molar-refractivity contribution in [2.24, 2.45) is 0 Å². The van der Waals surface area contributed by atoms with E-state index < -0.39 is 11.2 Å². The summed E-state index contributed by atoms with van der Waals surface area (Å²) in [6, 6.07) is 7.64. The van der Waals surface area contributed by atoms with Gasteiger partial charge in [0.2, 0.25) is 0 Å². The Morgan fingerprint density at radius 2 is 1.67 bits per heavy atom. The van der Waals surface area contributed by atoms with E-state index in [-0.39, 0.29) is 0 Å². The molecule has 1 radical (unpaired) electrons. The quantitative estimate of drug-likeness (QED) is 0.782. The molecule has 0 atom stereocenters. The average molecular weight is 249 g/mol. The molecule has 0 aliphatic rings. The summed E-state index contributed by atoms with van der Waals surface area (Å²) in [6.45, 7) is 9.80. The van der Waals surface area contributed by atoms with Gasteiger partial charge in [-0.2, -0.15) is 0 Å². The molecule has 0 amide bonds. The zero-order valence-corrected chi connectivity index (χ0v) is 11.9. The van der Waals surface area contributed by atoms with Gasteiger partial charge < -0.3 is 14.5 Å². The van der Waals surface area contributed by atoms with E-state index in [0.717, 1.165) is 11.2 Å². The van der Waals surface area contributed by atoms with E-state index in [1.165, 1.54) is 0 Å². The fraction of sp³-hybridized carbons (Fsp3) is 0.571. The van der Waals surface area contributed by atoms with Crippen molar-refractivity contribution in [2.45, 2.75) is 45.8 Å². The van der Waals surface area contributed by atoms with Crippen LogP contribution in [-0.2, 0) is 4.65 Å². The van der Waals surface area contributed by atoms with E-state index in [1.807, 2.05) is 45.0 Å². The molecule has 99 valence electrons. The number of ether oxygens (including phenoxy) is 1. The molecular formula is C14H22BO3. The fourth-order valence-electron chi connectivity index (χ4n) is 1.17. The van der Waals surface area contributed by atoms with Gasteiger partial charge in [0.25, 0.3) is 0 Å². The predicted octanol–water partition coefficient (Wildman–Crippen LogP) is 1.90. The third-order valence-electron chi connectivity index (χ3n) is 3.15. The lowest BCUT2D eigenvalue weighted by atomic mass is 9.82. The van der Waals surface area contributed by atoms with Gasteiger partial charge in [-0.3, -0.25) is 0 Å². The van der Waals surface area contributed by atoms with Crippen LogP contribution in [0.5, 0.6) is 5.75 Å². The van der Waals surface area contributed by atoms with Crippen molar-refractivity contribution in [2.75, 3.05) is 6.61 Å². The van der Waals surface area contributed by atoms with Crippen molar-refractivity contribution in [1.82, 2.24) is 0 Å². The summed E-state index contributed by atoms with van der Waals surface area (Å²) in [5.41, 5.74) is -0.615. The number of aliphatic hydroxyl groups is 1. The molecule has 1 rings (SSSR count). The minimum Gasteiger partial charge on any atom is -0.494 e. The summed E-state index contributed by atoms with van der Waals surface area (Å²) in [5.74, 6) is 0.844. The van der Waals surface area contributed by atoms with Crippen LogP contribution in [0, 0.1) is 0 Å². The van der Waals surface area contributed by atoms with Crippen molar-refractivity contribution in [3.8, 4) is 5.75 Å². The van der Waals surface area contributed by atoms with Gasteiger partial charge in [0, 0.05) is 0 Å². The maximum atomic E-state index is 9.97. The number of rotatable bonds is 6. The third-order valence-corrected chi connectivity index (χ3v) is 3.15. The van der Waals surface area contributed by atoms with Crippen LogP contribution in [0.15, 0.2) is 24.3 Å². The van der Waals surface area contributed by atoms with Crippen molar-refractivity contribution in [1.29, 1.82) is 0 Å². The minimum atomic E-state index is -0.908. The van der Waals surface area contributed by atoms with Gasteiger partial charge in [-0.05, 0) is 46.8 Å². The summed E-state index contributed by atoms with van der Waals surface area (Å²) in [6.07, 6.45) is 0. The van der Waals surface area contributed by atoms with Crippen molar-refractivity contribution < 1.29 is 14.5 Å². The molecule has 1 aromatic carbocycles. The van der Waals surface area contributed by atoms with E-state index >= 15 is 0 Å². The fourth-order valence-corrected chi connectivity index (χ4v) is 1.17. The highest BCUT2D eigenvalue weighted by Gasteiger charge is 2.35. The Balaban J connectivity index is 2.59. The van der Waals surface area contributed by atoms with Gasteiger partial charge in [-0.25, -0.2) is 0 Å². The average Bonchev–Trinajstić information content (AvgIpc) is 2.27. The lowest BCUT2D eigenvalue weighted by Gasteiger charge is -2.37. The standard InChI is InChI=1S/C14H22BO3/c1-6-17-12-9-7-11(8-10-12)15-18-14(4,5)13(2,3)16/h7-10,16H,6H2,1-5H3. The van der Waals surface area contributed by atoms with Crippen LogP contribution in [-0.4, -0.2) is 30.4 Å². The molecule has 1 aromatic rings. The maximum Gasteiger partial charge on any atom is 0.330 e. The number of benzene rings is 1. The maximum absolute atomic E-state index is 9.97. The molecule has 0 heterocycles. The van der Waals surface area contributed by atoms with Crippen LogP contribution in [0.3, 0.4) is 0 Å². The highest BCUT2D eigenvalue weighted by atomic mass is 16.5. The molecule has 3 nitrogen and oxygen atoms in total. The van der Waals surface area contributed by atoms with E-state index in [1.54, 1.807) is 21.3 Å². The zero-order valence-electron chi connectivity index (χ0n) is 11.9. The summed E-state index contributed by atoms with van der Waals surface area (Å²) in [5, 5.41) is 9.97. The lowest BCUT2D eigenvalue weighted by molar-refractivity contribution is -0.0893. The minimum absolute atomic E-state index is 0.647. The van der Waals surface area contributed by atoms with E-state index in [9.17, 15) is 5.11 Å². The van der Waals surface area contributed by atoms with Crippen molar-refractivity contribution in [3.05, 3.63) is 24.3 Å². The highest BCUT2D eigenvalue weighted by molar-refractivity contribution is 6.47. The highest BCUT2D eigenvalue weighted by Crippen LogP contribution is 2.24. The molecular weight excluding hydrogens is 227 g/mol. The second-order valence-electron chi connectivity index (χ2n) is 5.31. The second kappa shape index (κ2) is 5.76. The van der Waals surface area contributed by atoms with Crippen LogP contribution in [0.2, 0.25) is 0 Å². The third kappa shape index (κ3) is 4.04. The Bertz CT molecular complexity index is 366. The van der Waals surface area contributed by atoms with Gasteiger partial charge in [0.15, 0.2) is 0 Å². The van der Waals surface area contributed by atoms with Crippen LogP contribution < -0.4 is 10.2 Å². The zero-order chi connectivity index (χ0) is 13.8. The van der Waals surface area contributed by atoms with E-state index in [2.05, 4.69) is 0 Å². The Hall–Kier alpha value is -0.995. The topological polar surface area (TPSA) is 38.7 Å². The second-order valence-corrected chi connectivity index (χ2v) is 5.31. The first-order valence-electron chi connectivity index (χ1n) is 6.22. The lowest BCUT2D eigenvalue weighted by Crippen LogP contribution is -2.49. The molecule has 18 heavy (non-hydrogen) atoms. The summed E-state index contributed by atoms with van der Waals surface area (Å²) in [7, 11) is 1.66. The van der Waals surface area contributed by atoms with Gasteiger partial charge in [-0.1, -0.05) is 17.6 Å². The van der Waals surface area contributed by atoms with Gasteiger partial charge in [-0.15, -0.1) is 0 Å². The van der Waals surface area contributed by atoms with Crippen molar-refractivity contribution in [3.63, 3.8) is 0 Å². The van der Waals surface area contributed by atoms with Crippen LogP contribution in [0.25, 0.3) is 0 Å². The van der Waals surface area contributed by atoms with Crippen LogP contribution in [0.4, 0.5) is 0 Å². The van der Waals surface area contributed by atoms with Crippen molar-refractivity contribution >= 4 is 12.9 Å². The molecule has 0 saturated carbocycles. The first-order valence-corrected chi connectivity index (χ1v) is 6.22. The van der Waals surface area contributed by atoms with Crippen LogP contribution in [0.1, 0.15) is 34.6 Å². The number of hydrogen-bond acceptors (Lipinski definition) is 3. The molecule has 0 spiro atoms. The Kier molecular flexibility index (Phi) is 4.82. The number of hydrogen-bond donors (Lipinski definition) is 1. The Morgan fingerprint density at radius 1 is 1.11 bits per heavy atom. The van der Waals surface area contributed by atoms with Gasteiger partial charge in [0.1, 0.15) is 5.75 Å². The molecule has 0 aliphatic carbocycles. The van der Waals surface area contributed by atoms with Crippen LogP contribution >= 0.6 is 0 Å². The summed E-state index contributed by atoms with van der Waals surface area (Å²) >= 11 is 0. The summed E-state index contributed by atoms with van der Waals surface area (Å²) < 4.78 is 11.0. The molecule has 0 saturated heterocycles. The smallest absolute Gasteiger partial charge is 0.330 e. The van der Waals surface area contributed by atoms with Gasteiger partial charge in [0.05, 0.1) is 17.8 Å². The summed E-state index contributed by atoms with van der Waals surface area (Å²) in [4.78, 5) is 0. The molecule has 0 bridgehead atoms. The first kappa shape index (κ1) is 15.1. The largest absolute Gasteiger partial charge is 0.494 e. The molecule has 4 heteroatoms. The molecule has 0 aromatic heterocycles. The molecule has 0 fully saturated rings. The SMILES string of the molecule is CCOc1ccc([B]OC(C)(C)C(C)(C)O)cc1. The monoisotopic (exact) mass is 249 g/mol. The van der Waals surface area contributed by atoms with E-state index in [0.29, 0.717) is 6.61 Å². The van der Waals surface area contributed by atoms with E-state index in [4.69, 9.17) is 9.39 Å². The predicted molar refractivity (Wildman–Crippen MR) is 74.5 cm³/mol. The first-order chi connectivity index (χ1) is 8.26. The molecule has 1 N–H and O–H groups in total. The normalized spacial score (nSPS) is 12.3. The van der Waals surface area contributed by atoms with Gasteiger partial charge >= 0.3 is 7.48 Å². The Morgan fingerprint density at radius 3 is 2.11 bits per heavy atom. The molecule has 0 aliphatic heterocycles.